The fourth-order valence-electron chi connectivity index (χ4n) is 6.00. The molecule has 2 heterocycles. The van der Waals surface area contributed by atoms with Crippen molar-refractivity contribution in [1.82, 2.24) is 19.6 Å². The van der Waals surface area contributed by atoms with Gasteiger partial charge in [0.05, 0.1) is 39.6 Å². The molecule has 4 aromatic rings. The number of aliphatic hydroxyl groups is 1. The number of nitrogens with one attached hydrogen (secondary N) is 2. The number of urea groups is 1. The lowest BCUT2D eigenvalue weighted by Gasteiger charge is -2.36. The molecule has 3 aromatic carbocycles. The van der Waals surface area contributed by atoms with Gasteiger partial charge in [-0.3, -0.25) is 9.59 Å². The predicted molar refractivity (Wildman–Crippen MR) is 194 cm³/mol. The number of rotatable bonds is 12. The summed E-state index contributed by atoms with van der Waals surface area (Å²) in [6.07, 6.45) is 4.22. The lowest BCUT2D eigenvalue weighted by atomic mass is 9.93. The smallest absolute Gasteiger partial charge is 0.323 e. The molecule has 0 bridgehead atoms. The highest BCUT2D eigenvalue weighted by atomic mass is 35.5. The van der Waals surface area contributed by atoms with E-state index < -0.39 is 12.1 Å². The Morgan fingerprint density at radius 1 is 0.918 bits per heavy atom. The minimum absolute atomic E-state index is 0.155. The fourth-order valence-corrected chi connectivity index (χ4v) is 6.50. The molecular weight excluding hydrogens is 663 g/mol. The molecule has 0 saturated heterocycles. The molecule has 1 atom stereocenters. The van der Waals surface area contributed by atoms with Gasteiger partial charge < -0.3 is 25.5 Å². The Bertz CT molecular complexity index is 1800. The molecule has 5 rings (SSSR count). The molecule has 49 heavy (non-hydrogen) atoms. The Kier molecular flexibility index (Phi) is 12.0. The number of aliphatic hydroxyl groups excluding tert-OH is 1. The lowest BCUT2D eigenvalue weighted by molar-refractivity contribution is 0.0544. The lowest BCUT2D eigenvalue weighted by Crippen LogP contribution is -2.46. The van der Waals surface area contributed by atoms with Crippen LogP contribution in [0, 0.1) is 6.92 Å². The van der Waals surface area contributed by atoms with Crippen LogP contribution in [-0.4, -0.2) is 68.3 Å². The third kappa shape index (κ3) is 8.26. The molecule has 1 aliphatic heterocycles. The van der Waals surface area contributed by atoms with Crippen LogP contribution in [0.5, 0.6) is 0 Å². The van der Waals surface area contributed by atoms with Gasteiger partial charge in [-0.1, -0.05) is 80.2 Å². The molecule has 0 fully saturated rings. The average Bonchev–Trinajstić information content (AvgIpc) is 3.49. The van der Waals surface area contributed by atoms with Gasteiger partial charge in [0, 0.05) is 31.0 Å². The van der Waals surface area contributed by atoms with Crippen LogP contribution < -0.4 is 10.6 Å². The van der Waals surface area contributed by atoms with Crippen LogP contribution in [0.25, 0.3) is 5.69 Å². The number of anilines is 2. The zero-order chi connectivity index (χ0) is 35.1. The molecule has 0 saturated carbocycles. The van der Waals surface area contributed by atoms with Crippen molar-refractivity contribution in [2.75, 3.05) is 30.3 Å². The number of hydrogen-bond donors (Lipinski definition) is 3. The second-order valence-corrected chi connectivity index (χ2v) is 13.0. The van der Waals surface area contributed by atoms with Gasteiger partial charge in [-0.15, -0.1) is 0 Å². The molecule has 1 aliphatic rings. The van der Waals surface area contributed by atoms with Gasteiger partial charge in [0.15, 0.2) is 5.69 Å². The maximum absolute atomic E-state index is 14.5. The molecule has 4 amide bonds. The monoisotopic (exact) mass is 704 g/mol. The van der Waals surface area contributed by atoms with Crippen molar-refractivity contribution >= 4 is 52.4 Å². The van der Waals surface area contributed by atoms with E-state index in [2.05, 4.69) is 24.5 Å². The van der Waals surface area contributed by atoms with E-state index in [0.29, 0.717) is 48.8 Å². The number of halogens is 2. The molecule has 0 aliphatic carbocycles. The fraction of sp³-hybridized carbons (Fsp3) is 0.351. The molecular formula is C37H42Cl2N6O4. The number of aromatic nitrogens is 2. The van der Waals surface area contributed by atoms with Crippen molar-refractivity contribution in [2.24, 2.45) is 0 Å². The van der Waals surface area contributed by atoms with Crippen LogP contribution in [0.3, 0.4) is 0 Å². The Labute approximate surface area is 297 Å². The number of aryl methyl sites for hydroxylation is 1. The van der Waals surface area contributed by atoms with Gasteiger partial charge in [-0.05, 0) is 73.7 Å². The summed E-state index contributed by atoms with van der Waals surface area (Å²) in [4.78, 5) is 44.8. The highest BCUT2D eigenvalue weighted by Crippen LogP contribution is 2.31. The summed E-state index contributed by atoms with van der Waals surface area (Å²) < 4.78 is 1.59. The van der Waals surface area contributed by atoms with E-state index in [1.165, 1.54) is 0 Å². The summed E-state index contributed by atoms with van der Waals surface area (Å²) >= 11 is 12.5. The van der Waals surface area contributed by atoms with Crippen LogP contribution in [-0.2, 0) is 13.0 Å². The van der Waals surface area contributed by atoms with Crippen LogP contribution in [0.2, 0.25) is 10.0 Å². The summed E-state index contributed by atoms with van der Waals surface area (Å²) in [7, 11) is 0. The van der Waals surface area contributed by atoms with Crippen molar-refractivity contribution in [1.29, 1.82) is 0 Å². The van der Waals surface area contributed by atoms with Crippen LogP contribution >= 0.6 is 23.2 Å². The molecule has 1 unspecified atom stereocenters. The van der Waals surface area contributed by atoms with Crippen LogP contribution in [0.15, 0.2) is 66.7 Å². The third-order valence-corrected chi connectivity index (χ3v) is 9.33. The van der Waals surface area contributed by atoms with Gasteiger partial charge in [0.1, 0.15) is 0 Å². The van der Waals surface area contributed by atoms with E-state index in [9.17, 15) is 19.5 Å². The molecule has 258 valence electrons. The maximum Gasteiger partial charge on any atom is 0.323 e. The standard InChI is InChI=1S/C37H42Cl2N6O4/c1-4-6-17-43(18-7-5-2)36(48)32-19-24(3)45(42-32)33-16-15-27(40-37(49)41-34-30(38)13-10-14-31(34)39)21-29(33)35(47)44-22-26-12-9-8-11-25(26)20-28(44)23-46/h8-16,19,21,28,46H,4-7,17-18,20,22-23H2,1-3H3,(H2,40,41,49). The van der Waals surface area contributed by atoms with Gasteiger partial charge in [-0.25, -0.2) is 9.48 Å². The predicted octanol–water partition coefficient (Wildman–Crippen LogP) is 7.73. The quantitative estimate of drug-likeness (QED) is 0.139. The Morgan fingerprint density at radius 3 is 2.24 bits per heavy atom. The largest absolute Gasteiger partial charge is 0.394 e. The molecule has 3 N–H and O–H groups in total. The van der Waals surface area contributed by atoms with E-state index >= 15 is 0 Å². The van der Waals surface area contributed by atoms with Crippen LogP contribution in [0.4, 0.5) is 16.2 Å². The first-order valence-corrected chi connectivity index (χ1v) is 17.4. The third-order valence-electron chi connectivity index (χ3n) is 8.70. The number of benzene rings is 3. The number of fused-ring (bicyclic) bond motifs is 1. The van der Waals surface area contributed by atoms with Crippen LogP contribution in [0.1, 0.15) is 77.2 Å². The Hall–Kier alpha value is -4.38. The number of unbranched alkanes of at least 4 members (excludes halogenated alkanes) is 2. The molecule has 1 aromatic heterocycles. The van der Waals surface area contributed by atoms with E-state index in [-0.39, 0.29) is 39.7 Å². The second-order valence-electron chi connectivity index (χ2n) is 12.2. The summed E-state index contributed by atoms with van der Waals surface area (Å²) in [6, 6.07) is 18.4. The molecule has 12 heteroatoms. The normalized spacial score (nSPS) is 13.9. The first-order chi connectivity index (χ1) is 23.6. The second kappa shape index (κ2) is 16.3. The summed E-state index contributed by atoms with van der Waals surface area (Å²) in [5.41, 5.74) is 4.30. The number of carbonyl (C=O) groups excluding carboxylic acids is 3. The topological polar surface area (TPSA) is 120 Å². The minimum Gasteiger partial charge on any atom is -0.394 e. The minimum atomic E-state index is -0.608. The summed E-state index contributed by atoms with van der Waals surface area (Å²) in [5.74, 6) is -0.505. The van der Waals surface area contributed by atoms with E-state index in [4.69, 9.17) is 28.3 Å². The van der Waals surface area contributed by atoms with Crippen molar-refractivity contribution in [2.45, 2.75) is 65.5 Å². The highest BCUT2D eigenvalue weighted by Gasteiger charge is 2.32. The Balaban J connectivity index is 1.52. The van der Waals surface area contributed by atoms with Crippen molar-refractivity contribution in [3.05, 3.63) is 105 Å². The zero-order valence-electron chi connectivity index (χ0n) is 28.0. The first-order valence-electron chi connectivity index (χ1n) is 16.7. The van der Waals surface area contributed by atoms with Gasteiger partial charge in [0.2, 0.25) is 0 Å². The van der Waals surface area contributed by atoms with E-state index in [1.54, 1.807) is 52.0 Å². The number of carbonyl (C=O) groups is 3. The van der Waals surface area contributed by atoms with Crippen molar-refractivity contribution in [3.8, 4) is 5.69 Å². The SMILES string of the molecule is CCCCN(CCCC)C(=O)c1cc(C)n(-c2ccc(NC(=O)Nc3c(Cl)cccc3Cl)cc2C(=O)N2Cc3ccccc3CC2CO)n1. The number of amides is 4. The summed E-state index contributed by atoms with van der Waals surface area (Å²) in [5, 5.41) is 21.1. The first kappa shape index (κ1) is 35.9. The van der Waals surface area contributed by atoms with Gasteiger partial charge >= 0.3 is 6.03 Å². The maximum atomic E-state index is 14.5. The molecule has 0 spiro atoms. The number of hydrogen-bond acceptors (Lipinski definition) is 5. The molecule has 10 nitrogen and oxygen atoms in total. The average molecular weight is 706 g/mol. The highest BCUT2D eigenvalue weighted by molar-refractivity contribution is 6.39. The number of para-hydroxylation sites is 1. The zero-order valence-corrected chi connectivity index (χ0v) is 29.5. The van der Waals surface area contributed by atoms with E-state index in [0.717, 1.165) is 36.8 Å². The van der Waals surface area contributed by atoms with Crippen molar-refractivity contribution < 1.29 is 19.5 Å². The Morgan fingerprint density at radius 2 is 1.59 bits per heavy atom. The number of nitrogens with zero attached hydrogens (tertiary/aromatic N) is 4. The van der Waals surface area contributed by atoms with Crippen molar-refractivity contribution in [3.63, 3.8) is 0 Å². The summed E-state index contributed by atoms with van der Waals surface area (Å²) in [6.45, 7) is 7.39. The van der Waals surface area contributed by atoms with Gasteiger partial charge in [0.25, 0.3) is 11.8 Å². The van der Waals surface area contributed by atoms with E-state index in [1.807, 2.05) is 36.1 Å². The molecule has 0 radical (unpaired) electrons. The van der Waals surface area contributed by atoms with Gasteiger partial charge in [-0.2, -0.15) is 5.10 Å².